The first-order chi connectivity index (χ1) is 9.85. The molecule has 0 aliphatic rings. The van der Waals surface area contributed by atoms with Gasteiger partial charge in [-0.3, -0.25) is 0 Å². The molecule has 0 aromatic carbocycles. The number of halogens is 1. The third kappa shape index (κ3) is 2.31. The van der Waals surface area contributed by atoms with Crippen molar-refractivity contribution >= 4 is 34.1 Å². The van der Waals surface area contributed by atoms with E-state index < -0.39 is 0 Å². The first-order valence-corrected chi connectivity index (χ1v) is 8.03. The Bertz CT molecular complexity index is 692. The molecule has 0 fully saturated rings. The van der Waals surface area contributed by atoms with E-state index in [-0.39, 0.29) is 6.04 Å². The van der Waals surface area contributed by atoms with Crippen LogP contribution in [0.5, 0.6) is 0 Å². The van der Waals surface area contributed by atoms with Gasteiger partial charge in [0.25, 0.3) is 0 Å². The Labute approximate surface area is 126 Å². The lowest BCUT2D eigenvalue weighted by Gasteiger charge is -2.17. The van der Waals surface area contributed by atoms with Crippen molar-refractivity contribution in [2.24, 2.45) is 0 Å². The monoisotopic (exact) mass is 306 g/mol. The molecule has 4 nitrogen and oxygen atoms in total. The van der Waals surface area contributed by atoms with E-state index >= 15 is 0 Å². The summed E-state index contributed by atoms with van der Waals surface area (Å²) in [6.07, 6.45) is 5.33. The van der Waals surface area contributed by atoms with Gasteiger partial charge in [-0.15, -0.1) is 22.9 Å². The number of nitrogens with zero attached hydrogens (tertiary/aromatic N) is 4. The van der Waals surface area contributed by atoms with Gasteiger partial charge in [-0.05, 0) is 18.6 Å². The van der Waals surface area contributed by atoms with Gasteiger partial charge in [-0.2, -0.15) is 0 Å². The van der Waals surface area contributed by atoms with Gasteiger partial charge in [-0.25, -0.2) is 15.0 Å². The second-order valence-corrected chi connectivity index (χ2v) is 5.78. The molecule has 0 saturated heterocycles. The van der Waals surface area contributed by atoms with E-state index in [0.717, 1.165) is 34.8 Å². The zero-order valence-electron chi connectivity index (χ0n) is 11.2. The first-order valence-electron chi connectivity index (χ1n) is 6.62. The highest BCUT2D eigenvalue weighted by Crippen LogP contribution is 2.29. The number of fused-ring (bicyclic) bond motifs is 1. The van der Waals surface area contributed by atoms with Crippen LogP contribution in [-0.2, 0) is 6.42 Å². The third-order valence-corrected chi connectivity index (χ3v) is 4.34. The number of rotatable bonds is 5. The number of hydrogen-bond donors (Lipinski definition) is 0. The fourth-order valence-electron chi connectivity index (χ4n) is 2.43. The van der Waals surface area contributed by atoms with E-state index in [0.29, 0.717) is 5.88 Å². The third-order valence-electron chi connectivity index (χ3n) is 3.27. The predicted octanol–water partition coefficient (Wildman–Crippen LogP) is 3.67. The molecule has 104 valence electrons. The fraction of sp³-hybridized carbons (Fsp3) is 0.357. The number of alkyl halides is 1. The molecular weight excluding hydrogens is 292 g/mol. The molecule has 0 spiro atoms. The summed E-state index contributed by atoms with van der Waals surface area (Å²) in [4.78, 5) is 13.6. The van der Waals surface area contributed by atoms with Gasteiger partial charge in [0, 0.05) is 30.1 Å². The van der Waals surface area contributed by atoms with E-state index in [1.807, 2.05) is 23.7 Å². The van der Waals surface area contributed by atoms with Crippen LogP contribution in [0.15, 0.2) is 29.9 Å². The van der Waals surface area contributed by atoms with E-state index in [1.165, 1.54) is 0 Å². The van der Waals surface area contributed by atoms with Gasteiger partial charge >= 0.3 is 0 Å². The molecule has 3 rings (SSSR count). The molecule has 0 bridgehead atoms. The molecular formula is C14H15ClN4S. The molecule has 1 unspecified atom stereocenters. The quantitative estimate of drug-likeness (QED) is 0.676. The molecule has 6 heteroatoms. The lowest BCUT2D eigenvalue weighted by atomic mass is 10.2. The number of pyridine rings is 1. The van der Waals surface area contributed by atoms with Gasteiger partial charge in [0.1, 0.15) is 16.3 Å². The second kappa shape index (κ2) is 5.89. The van der Waals surface area contributed by atoms with Crippen molar-refractivity contribution in [2.45, 2.75) is 25.8 Å². The van der Waals surface area contributed by atoms with Gasteiger partial charge in [0.2, 0.25) is 0 Å². The normalized spacial score (nSPS) is 12.9. The van der Waals surface area contributed by atoms with Crippen LogP contribution >= 0.6 is 22.9 Å². The standard InChI is InChI=1S/C14H15ClN4S/c1-2-11(14-17-8-9-20-14)19-12(5-6-15)18-10-4-3-7-16-13(10)19/h3-4,7-9,11H,2,5-6H2,1H3. The average molecular weight is 307 g/mol. The molecule has 3 aromatic rings. The highest BCUT2D eigenvalue weighted by Gasteiger charge is 2.21. The van der Waals surface area contributed by atoms with Crippen LogP contribution in [0.25, 0.3) is 11.2 Å². The Hall–Kier alpha value is -1.46. The van der Waals surface area contributed by atoms with Crippen molar-refractivity contribution in [3.05, 3.63) is 40.7 Å². The number of hydrogen-bond acceptors (Lipinski definition) is 4. The molecule has 3 heterocycles. The Kier molecular flexibility index (Phi) is 3.98. The van der Waals surface area contributed by atoms with Crippen LogP contribution in [0.3, 0.4) is 0 Å². The van der Waals surface area contributed by atoms with Crippen molar-refractivity contribution in [2.75, 3.05) is 5.88 Å². The Balaban J connectivity index is 2.19. The summed E-state index contributed by atoms with van der Waals surface area (Å²) in [7, 11) is 0. The van der Waals surface area contributed by atoms with Crippen LogP contribution in [0.1, 0.15) is 30.2 Å². The average Bonchev–Trinajstić information content (AvgIpc) is 3.09. The molecule has 0 aliphatic heterocycles. The van der Waals surface area contributed by atoms with Gasteiger partial charge in [0.15, 0.2) is 5.65 Å². The molecule has 0 N–H and O–H groups in total. The first kappa shape index (κ1) is 13.5. The van der Waals surface area contributed by atoms with Crippen LogP contribution in [0.2, 0.25) is 0 Å². The topological polar surface area (TPSA) is 43.6 Å². The summed E-state index contributed by atoms with van der Waals surface area (Å²) >= 11 is 7.59. The summed E-state index contributed by atoms with van der Waals surface area (Å²) in [5.41, 5.74) is 1.83. The maximum Gasteiger partial charge on any atom is 0.160 e. The maximum atomic E-state index is 5.92. The minimum absolute atomic E-state index is 0.174. The largest absolute Gasteiger partial charge is 0.303 e. The van der Waals surface area contributed by atoms with E-state index in [4.69, 9.17) is 11.6 Å². The SMILES string of the molecule is CCC(c1nccs1)n1c(CCCl)nc2cccnc21. The summed E-state index contributed by atoms with van der Waals surface area (Å²) in [6, 6.07) is 4.08. The lowest BCUT2D eigenvalue weighted by molar-refractivity contribution is 0.552. The van der Waals surface area contributed by atoms with Gasteiger partial charge in [-0.1, -0.05) is 6.92 Å². The van der Waals surface area contributed by atoms with E-state index in [2.05, 4.69) is 26.4 Å². The Morgan fingerprint density at radius 2 is 2.25 bits per heavy atom. The number of thiazole rings is 1. The molecule has 0 saturated carbocycles. The Morgan fingerprint density at radius 3 is 2.95 bits per heavy atom. The molecule has 1 atom stereocenters. The molecule has 0 aliphatic carbocycles. The van der Waals surface area contributed by atoms with Crippen molar-refractivity contribution in [1.29, 1.82) is 0 Å². The van der Waals surface area contributed by atoms with Crippen molar-refractivity contribution in [3.63, 3.8) is 0 Å². The van der Waals surface area contributed by atoms with E-state index in [9.17, 15) is 0 Å². The smallest absolute Gasteiger partial charge is 0.160 e. The Morgan fingerprint density at radius 1 is 1.35 bits per heavy atom. The predicted molar refractivity (Wildman–Crippen MR) is 82.5 cm³/mol. The highest BCUT2D eigenvalue weighted by atomic mass is 35.5. The van der Waals surface area contributed by atoms with Gasteiger partial charge in [0.05, 0.1) is 6.04 Å². The molecule has 20 heavy (non-hydrogen) atoms. The second-order valence-electron chi connectivity index (χ2n) is 4.48. The van der Waals surface area contributed by atoms with Crippen LogP contribution in [-0.4, -0.2) is 25.4 Å². The van der Waals surface area contributed by atoms with Crippen molar-refractivity contribution < 1.29 is 0 Å². The zero-order chi connectivity index (χ0) is 13.9. The van der Waals surface area contributed by atoms with Crippen LogP contribution < -0.4 is 0 Å². The van der Waals surface area contributed by atoms with E-state index in [1.54, 1.807) is 17.5 Å². The molecule has 0 amide bonds. The van der Waals surface area contributed by atoms with Crippen LogP contribution in [0, 0.1) is 0 Å². The number of imidazole rings is 1. The van der Waals surface area contributed by atoms with Crippen molar-refractivity contribution in [1.82, 2.24) is 19.5 Å². The summed E-state index contributed by atoms with van der Waals surface area (Å²) in [5.74, 6) is 1.54. The lowest BCUT2D eigenvalue weighted by Crippen LogP contribution is -2.14. The molecule has 0 radical (unpaired) electrons. The zero-order valence-corrected chi connectivity index (χ0v) is 12.7. The number of aryl methyl sites for hydroxylation is 1. The summed E-state index contributed by atoms with van der Waals surface area (Å²) in [6.45, 7) is 2.16. The number of aromatic nitrogens is 4. The molecule has 3 aromatic heterocycles. The van der Waals surface area contributed by atoms with Gasteiger partial charge < -0.3 is 4.57 Å². The highest BCUT2D eigenvalue weighted by molar-refractivity contribution is 7.09. The van der Waals surface area contributed by atoms with Crippen LogP contribution in [0.4, 0.5) is 0 Å². The summed E-state index contributed by atoms with van der Waals surface area (Å²) < 4.78 is 2.19. The minimum atomic E-state index is 0.174. The fourth-order valence-corrected chi connectivity index (χ4v) is 3.41. The van der Waals surface area contributed by atoms with Crippen molar-refractivity contribution in [3.8, 4) is 0 Å². The summed E-state index contributed by atoms with van der Waals surface area (Å²) in [5, 5.41) is 3.10. The minimum Gasteiger partial charge on any atom is -0.303 e. The maximum absolute atomic E-state index is 5.92.